The molecule has 6 nitrogen and oxygen atoms in total. The summed E-state index contributed by atoms with van der Waals surface area (Å²) in [4.78, 5) is 14.1. The summed E-state index contributed by atoms with van der Waals surface area (Å²) < 4.78 is 6.00. The third kappa shape index (κ3) is 4.26. The number of halogens is 2. The van der Waals surface area contributed by atoms with Crippen molar-refractivity contribution in [1.29, 1.82) is 0 Å². The smallest absolute Gasteiger partial charge is 0.228 e. The van der Waals surface area contributed by atoms with Gasteiger partial charge < -0.3 is 21.0 Å². The van der Waals surface area contributed by atoms with Gasteiger partial charge in [-0.2, -0.15) is 4.37 Å². The zero-order valence-corrected chi connectivity index (χ0v) is 18.7. The number of amides is 1. The van der Waals surface area contributed by atoms with Crippen molar-refractivity contribution in [1.82, 2.24) is 9.69 Å². The molecule has 4 N–H and O–H groups in total. The average Bonchev–Trinajstić information content (AvgIpc) is 3.28. The van der Waals surface area contributed by atoms with Crippen LogP contribution >= 0.6 is 35.5 Å². The Kier molecular flexibility index (Phi) is 7.21. The molecule has 2 aliphatic heterocycles. The van der Waals surface area contributed by atoms with E-state index in [9.17, 15) is 4.79 Å². The maximum Gasteiger partial charge on any atom is 0.228 e. The maximum absolute atomic E-state index is 11.6. The molecule has 0 aliphatic carbocycles. The largest absolute Gasteiger partial charge is 0.412 e. The second kappa shape index (κ2) is 9.49. The van der Waals surface area contributed by atoms with Gasteiger partial charge >= 0.3 is 0 Å². The quantitative estimate of drug-likeness (QED) is 0.615. The Morgan fingerprint density at radius 3 is 2.97 bits per heavy atom. The number of nitrogens with zero attached hydrogens (tertiary/aromatic N) is 2. The second-order valence-corrected chi connectivity index (χ2v) is 8.63. The SMILES string of the molecule is Cl.O.O=C1Cc2cc(CCC3CNCCN3c3nsc4ccccc34)c(Cl)cc2N1. The lowest BCUT2D eigenvalue weighted by Crippen LogP contribution is -2.51. The van der Waals surface area contributed by atoms with Gasteiger partial charge in [-0.3, -0.25) is 4.79 Å². The number of hydrogen-bond donors (Lipinski definition) is 2. The molecule has 2 aliphatic rings. The summed E-state index contributed by atoms with van der Waals surface area (Å²) in [5, 5.41) is 8.35. The van der Waals surface area contributed by atoms with Crippen LogP contribution in [0.25, 0.3) is 10.1 Å². The van der Waals surface area contributed by atoms with Crippen molar-refractivity contribution >= 4 is 63.0 Å². The second-order valence-electron chi connectivity index (χ2n) is 7.42. The number of aromatic nitrogens is 1. The summed E-state index contributed by atoms with van der Waals surface area (Å²) in [6.07, 6.45) is 2.31. The first-order valence-electron chi connectivity index (χ1n) is 9.62. The molecule has 2 aromatic carbocycles. The number of benzene rings is 2. The molecule has 1 fully saturated rings. The Hall–Kier alpha value is -1.90. The van der Waals surface area contributed by atoms with E-state index in [2.05, 4.69) is 45.9 Å². The zero-order valence-electron chi connectivity index (χ0n) is 16.3. The predicted molar refractivity (Wildman–Crippen MR) is 127 cm³/mol. The molecule has 0 bridgehead atoms. The molecular weight excluding hydrogens is 443 g/mol. The number of rotatable bonds is 4. The predicted octanol–water partition coefficient (Wildman–Crippen LogP) is 3.45. The fraction of sp³-hybridized carbons (Fsp3) is 0.333. The van der Waals surface area contributed by atoms with Gasteiger partial charge in [0.1, 0.15) is 0 Å². The van der Waals surface area contributed by atoms with Gasteiger partial charge in [0.25, 0.3) is 0 Å². The molecule has 0 spiro atoms. The van der Waals surface area contributed by atoms with E-state index in [-0.39, 0.29) is 23.8 Å². The topological polar surface area (TPSA) is 88.8 Å². The van der Waals surface area contributed by atoms with Gasteiger partial charge in [-0.05, 0) is 53.7 Å². The highest BCUT2D eigenvalue weighted by molar-refractivity contribution is 7.13. The zero-order chi connectivity index (χ0) is 19.1. The van der Waals surface area contributed by atoms with Crippen molar-refractivity contribution in [2.75, 3.05) is 29.9 Å². The van der Waals surface area contributed by atoms with E-state index in [1.54, 1.807) is 11.5 Å². The average molecular weight is 467 g/mol. The first kappa shape index (κ1) is 22.8. The third-order valence-corrected chi connectivity index (χ3v) is 6.79. The molecule has 3 aromatic rings. The molecule has 5 rings (SSSR count). The van der Waals surface area contributed by atoms with Crippen LogP contribution in [0.15, 0.2) is 36.4 Å². The molecule has 0 radical (unpaired) electrons. The summed E-state index contributed by atoms with van der Waals surface area (Å²) in [6, 6.07) is 12.8. The van der Waals surface area contributed by atoms with E-state index in [1.807, 2.05) is 6.07 Å². The number of carbonyl (C=O) groups excluding carboxylic acids is 1. The third-order valence-electron chi connectivity index (χ3n) is 5.62. The summed E-state index contributed by atoms with van der Waals surface area (Å²) in [7, 11) is 0. The van der Waals surface area contributed by atoms with Crippen LogP contribution < -0.4 is 15.5 Å². The number of fused-ring (bicyclic) bond motifs is 2. The molecule has 9 heteroatoms. The lowest BCUT2D eigenvalue weighted by Gasteiger charge is -2.37. The number of piperazine rings is 1. The Morgan fingerprint density at radius 2 is 2.10 bits per heavy atom. The van der Waals surface area contributed by atoms with Crippen molar-refractivity contribution in [3.05, 3.63) is 52.5 Å². The van der Waals surface area contributed by atoms with Crippen LogP contribution in [0.4, 0.5) is 11.5 Å². The van der Waals surface area contributed by atoms with Crippen molar-refractivity contribution in [2.24, 2.45) is 0 Å². The fourth-order valence-electron chi connectivity index (χ4n) is 4.19. The molecule has 1 atom stereocenters. The van der Waals surface area contributed by atoms with Gasteiger partial charge in [0.2, 0.25) is 5.91 Å². The highest BCUT2D eigenvalue weighted by Crippen LogP contribution is 2.33. The van der Waals surface area contributed by atoms with E-state index >= 15 is 0 Å². The van der Waals surface area contributed by atoms with E-state index in [0.717, 1.165) is 60.1 Å². The van der Waals surface area contributed by atoms with E-state index in [1.165, 1.54) is 10.1 Å². The monoisotopic (exact) mass is 466 g/mol. The number of hydrogen-bond acceptors (Lipinski definition) is 5. The molecule has 1 unspecified atom stereocenters. The van der Waals surface area contributed by atoms with Crippen LogP contribution in [0, 0.1) is 0 Å². The van der Waals surface area contributed by atoms with Gasteiger partial charge in [0.15, 0.2) is 5.82 Å². The minimum atomic E-state index is 0. The van der Waals surface area contributed by atoms with Gasteiger partial charge in [-0.25, -0.2) is 0 Å². The van der Waals surface area contributed by atoms with Crippen molar-refractivity contribution < 1.29 is 10.3 Å². The summed E-state index contributed by atoms with van der Waals surface area (Å²) >= 11 is 8.06. The van der Waals surface area contributed by atoms with Gasteiger partial charge in [0, 0.05) is 41.8 Å². The van der Waals surface area contributed by atoms with Crippen LogP contribution in [-0.4, -0.2) is 41.4 Å². The first-order valence-corrected chi connectivity index (χ1v) is 10.8. The minimum Gasteiger partial charge on any atom is -0.412 e. The molecule has 30 heavy (non-hydrogen) atoms. The van der Waals surface area contributed by atoms with Crippen LogP contribution in [-0.2, 0) is 17.6 Å². The molecule has 3 heterocycles. The Labute approximate surface area is 190 Å². The van der Waals surface area contributed by atoms with Crippen LogP contribution in [0.1, 0.15) is 17.5 Å². The van der Waals surface area contributed by atoms with Gasteiger partial charge in [-0.1, -0.05) is 29.8 Å². The summed E-state index contributed by atoms with van der Waals surface area (Å²) in [5.41, 5.74) is 3.02. The number of aryl methyl sites for hydroxylation is 1. The standard InChI is InChI=1S/C21H21ClN4OS.ClH.H2O/c22-17-11-18-14(10-20(27)24-18)9-13(17)5-6-15-12-23-7-8-26(15)21-16-3-1-2-4-19(16)28-25-21;;/h1-4,9,11,15,23H,5-8,10,12H2,(H,24,27);1H;1H2. The first-order chi connectivity index (χ1) is 13.7. The summed E-state index contributed by atoms with van der Waals surface area (Å²) in [6.45, 7) is 2.86. The van der Waals surface area contributed by atoms with Crippen molar-refractivity contribution in [2.45, 2.75) is 25.3 Å². The van der Waals surface area contributed by atoms with Crippen molar-refractivity contribution in [3.63, 3.8) is 0 Å². The molecule has 1 aromatic heterocycles. The molecule has 1 saturated heterocycles. The Morgan fingerprint density at radius 1 is 1.27 bits per heavy atom. The fourth-order valence-corrected chi connectivity index (χ4v) is 5.23. The normalized spacial score (nSPS) is 17.8. The molecule has 0 saturated carbocycles. The van der Waals surface area contributed by atoms with E-state index in [4.69, 9.17) is 16.0 Å². The van der Waals surface area contributed by atoms with Crippen molar-refractivity contribution in [3.8, 4) is 0 Å². The lowest BCUT2D eigenvalue weighted by atomic mass is 9.99. The van der Waals surface area contributed by atoms with E-state index in [0.29, 0.717) is 12.5 Å². The number of nitrogens with one attached hydrogen (secondary N) is 2. The van der Waals surface area contributed by atoms with Gasteiger partial charge in [0.05, 0.1) is 11.1 Å². The van der Waals surface area contributed by atoms with Crippen LogP contribution in [0.5, 0.6) is 0 Å². The highest BCUT2D eigenvalue weighted by atomic mass is 35.5. The number of anilines is 2. The summed E-state index contributed by atoms with van der Waals surface area (Å²) in [5.74, 6) is 1.14. The van der Waals surface area contributed by atoms with Crippen LogP contribution in [0.3, 0.4) is 0 Å². The maximum atomic E-state index is 11.6. The van der Waals surface area contributed by atoms with Gasteiger partial charge in [-0.15, -0.1) is 12.4 Å². The van der Waals surface area contributed by atoms with Crippen LogP contribution in [0.2, 0.25) is 5.02 Å². The molecule has 1 amide bonds. The van der Waals surface area contributed by atoms with E-state index < -0.39 is 0 Å². The molecule has 160 valence electrons. The lowest BCUT2D eigenvalue weighted by molar-refractivity contribution is -0.115. The minimum absolute atomic E-state index is 0. The Balaban J connectivity index is 0.00000128. The Bertz CT molecular complexity index is 1060. The number of carbonyl (C=O) groups is 1. The highest BCUT2D eigenvalue weighted by Gasteiger charge is 2.26. The molecular formula is C21H24Cl2N4O2S.